The molecule has 2 rings (SSSR count). The third kappa shape index (κ3) is 4.47. The molecule has 0 unspecified atom stereocenters. The minimum absolute atomic E-state index is 0.0272. The maximum atomic E-state index is 12.1. The van der Waals surface area contributed by atoms with E-state index in [9.17, 15) is 4.79 Å². The second-order valence-corrected chi connectivity index (χ2v) is 6.25. The van der Waals surface area contributed by atoms with Crippen LogP contribution in [0, 0.1) is 0 Å². The number of hydrogen-bond donors (Lipinski definition) is 1. The molecule has 1 atom stereocenters. The van der Waals surface area contributed by atoms with Gasteiger partial charge in [0.15, 0.2) is 5.16 Å². The second kappa shape index (κ2) is 7.47. The van der Waals surface area contributed by atoms with E-state index < -0.39 is 0 Å². The third-order valence-electron chi connectivity index (χ3n) is 2.95. The van der Waals surface area contributed by atoms with E-state index in [1.807, 2.05) is 42.7 Å². The van der Waals surface area contributed by atoms with Gasteiger partial charge in [-0.25, -0.2) is 0 Å². The van der Waals surface area contributed by atoms with E-state index in [1.54, 1.807) is 6.33 Å². The molecular weight excluding hydrogens is 308 g/mol. The average molecular weight is 325 g/mol. The number of aromatic nitrogens is 3. The third-order valence-corrected chi connectivity index (χ3v) is 4.30. The van der Waals surface area contributed by atoms with Crippen molar-refractivity contribution in [1.82, 2.24) is 20.1 Å². The lowest BCUT2D eigenvalue weighted by Crippen LogP contribution is -2.30. The summed E-state index contributed by atoms with van der Waals surface area (Å²) in [4.78, 5) is 12.1. The average Bonchev–Trinajstić information content (AvgIpc) is 2.93. The van der Waals surface area contributed by atoms with Gasteiger partial charge in [0.05, 0.1) is 5.25 Å². The highest BCUT2D eigenvalue weighted by molar-refractivity contribution is 8.00. The zero-order valence-corrected chi connectivity index (χ0v) is 13.5. The Bertz CT molecular complexity index is 599. The molecule has 0 radical (unpaired) electrons. The fourth-order valence-electron chi connectivity index (χ4n) is 1.70. The molecule has 1 heterocycles. The molecular formula is C14H17ClN4OS. The largest absolute Gasteiger partial charge is 0.351 e. The minimum atomic E-state index is -0.230. The van der Waals surface area contributed by atoms with Crippen LogP contribution in [0.15, 0.2) is 35.7 Å². The van der Waals surface area contributed by atoms with Gasteiger partial charge in [0.25, 0.3) is 0 Å². The van der Waals surface area contributed by atoms with E-state index in [2.05, 4.69) is 15.5 Å². The van der Waals surface area contributed by atoms with Crippen molar-refractivity contribution in [3.63, 3.8) is 0 Å². The Morgan fingerprint density at radius 3 is 2.81 bits per heavy atom. The van der Waals surface area contributed by atoms with Gasteiger partial charge >= 0.3 is 0 Å². The number of carbonyl (C=O) groups is 1. The van der Waals surface area contributed by atoms with Crippen LogP contribution in [-0.2, 0) is 17.9 Å². The topological polar surface area (TPSA) is 59.8 Å². The SMILES string of the molecule is CCn1cnnc1S[C@H](C)C(=O)NCc1ccc(Cl)cc1. The van der Waals surface area contributed by atoms with Gasteiger partial charge in [-0.3, -0.25) is 4.79 Å². The highest BCUT2D eigenvalue weighted by Crippen LogP contribution is 2.20. The molecule has 21 heavy (non-hydrogen) atoms. The molecule has 0 spiro atoms. The minimum Gasteiger partial charge on any atom is -0.351 e. The van der Waals surface area contributed by atoms with Crippen molar-refractivity contribution in [2.24, 2.45) is 0 Å². The maximum Gasteiger partial charge on any atom is 0.233 e. The van der Waals surface area contributed by atoms with Crippen molar-refractivity contribution in [3.8, 4) is 0 Å². The van der Waals surface area contributed by atoms with E-state index in [0.29, 0.717) is 11.6 Å². The first-order valence-corrected chi connectivity index (χ1v) is 7.92. The molecule has 1 N–H and O–H groups in total. The van der Waals surface area contributed by atoms with Crippen LogP contribution in [-0.4, -0.2) is 25.9 Å². The highest BCUT2D eigenvalue weighted by atomic mass is 35.5. The van der Waals surface area contributed by atoms with E-state index in [0.717, 1.165) is 17.3 Å². The zero-order chi connectivity index (χ0) is 15.2. The first-order valence-electron chi connectivity index (χ1n) is 6.66. The van der Waals surface area contributed by atoms with Gasteiger partial charge in [-0.2, -0.15) is 0 Å². The van der Waals surface area contributed by atoms with E-state index in [4.69, 9.17) is 11.6 Å². The summed E-state index contributed by atoms with van der Waals surface area (Å²) >= 11 is 7.23. The van der Waals surface area contributed by atoms with Crippen LogP contribution in [0.2, 0.25) is 5.02 Å². The normalized spacial score (nSPS) is 12.1. The number of benzene rings is 1. The predicted molar refractivity (Wildman–Crippen MR) is 84.3 cm³/mol. The number of thioether (sulfide) groups is 1. The predicted octanol–water partition coefficient (Wildman–Crippen LogP) is 2.75. The van der Waals surface area contributed by atoms with Crippen LogP contribution in [0.1, 0.15) is 19.4 Å². The molecule has 0 aliphatic heterocycles. The number of halogens is 1. The molecule has 5 nitrogen and oxygen atoms in total. The van der Waals surface area contributed by atoms with Crippen molar-refractivity contribution in [3.05, 3.63) is 41.2 Å². The van der Waals surface area contributed by atoms with Gasteiger partial charge in [-0.1, -0.05) is 35.5 Å². The molecule has 1 amide bonds. The van der Waals surface area contributed by atoms with Crippen LogP contribution in [0.3, 0.4) is 0 Å². The quantitative estimate of drug-likeness (QED) is 0.830. The first-order chi connectivity index (χ1) is 10.1. The summed E-state index contributed by atoms with van der Waals surface area (Å²) in [6.45, 7) is 5.14. The molecule has 0 fully saturated rings. The fourth-order valence-corrected chi connectivity index (χ4v) is 2.74. The van der Waals surface area contributed by atoms with E-state index in [1.165, 1.54) is 11.8 Å². The number of aryl methyl sites for hydroxylation is 1. The van der Waals surface area contributed by atoms with Crippen LogP contribution < -0.4 is 5.32 Å². The van der Waals surface area contributed by atoms with Gasteiger partial charge in [0.1, 0.15) is 6.33 Å². The Hall–Kier alpha value is -1.53. The van der Waals surface area contributed by atoms with Crippen molar-refractivity contribution in [2.75, 3.05) is 0 Å². The molecule has 0 aliphatic rings. The van der Waals surface area contributed by atoms with Crippen LogP contribution in [0.5, 0.6) is 0 Å². The summed E-state index contributed by atoms with van der Waals surface area (Å²) in [6, 6.07) is 7.41. The van der Waals surface area contributed by atoms with Gasteiger partial charge < -0.3 is 9.88 Å². The summed E-state index contributed by atoms with van der Waals surface area (Å²) in [5.74, 6) is -0.0272. The molecule has 112 valence electrons. The lowest BCUT2D eigenvalue weighted by molar-refractivity contribution is -0.120. The Kier molecular flexibility index (Phi) is 5.64. The zero-order valence-electron chi connectivity index (χ0n) is 11.9. The van der Waals surface area contributed by atoms with Gasteiger partial charge in [0.2, 0.25) is 5.91 Å². The van der Waals surface area contributed by atoms with Gasteiger partial charge in [0, 0.05) is 18.1 Å². The van der Waals surface area contributed by atoms with Crippen molar-refractivity contribution >= 4 is 29.3 Å². The fraction of sp³-hybridized carbons (Fsp3) is 0.357. The van der Waals surface area contributed by atoms with Crippen molar-refractivity contribution in [1.29, 1.82) is 0 Å². The summed E-state index contributed by atoms with van der Waals surface area (Å²) in [7, 11) is 0. The molecule has 7 heteroatoms. The highest BCUT2D eigenvalue weighted by Gasteiger charge is 2.17. The van der Waals surface area contributed by atoms with Crippen molar-refractivity contribution in [2.45, 2.75) is 37.3 Å². The standard InChI is InChI=1S/C14H17ClN4OS/c1-3-19-9-17-18-14(19)21-10(2)13(20)16-8-11-4-6-12(15)7-5-11/h4-7,9-10H,3,8H2,1-2H3,(H,16,20)/t10-/m1/s1. The number of amides is 1. The Morgan fingerprint density at radius 2 is 2.14 bits per heavy atom. The maximum absolute atomic E-state index is 12.1. The smallest absolute Gasteiger partial charge is 0.233 e. The first kappa shape index (κ1) is 15.9. The molecule has 0 saturated heterocycles. The number of carbonyl (C=O) groups excluding carboxylic acids is 1. The molecule has 1 aromatic carbocycles. The van der Waals surface area contributed by atoms with E-state index in [-0.39, 0.29) is 11.2 Å². The van der Waals surface area contributed by atoms with Crippen LogP contribution in [0.4, 0.5) is 0 Å². The van der Waals surface area contributed by atoms with Crippen molar-refractivity contribution < 1.29 is 4.79 Å². The summed E-state index contributed by atoms with van der Waals surface area (Å²) in [6.07, 6.45) is 1.67. The summed E-state index contributed by atoms with van der Waals surface area (Å²) < 4.78 is 1.91. The lowest BCUT2D eigenvalue weighted by Gasteiger charge is -2.12. The second-order valence-electron chi connectivity index (χ2n) is 4.50. The number of rotatable bonds is 6. The van der Waals surface area contributed by atoms with Gasteiger partial charge in [-0.05, 0) is 31.5 Å². The molecule has 2 aromatic rings. The summed E-state index contributed by atoms with van der Waals surface area (Å²) in [5, 5.41) is 12.0. The molecule has 1 aromatic heterocycles. The number of hydrogen-bond acceptors (Lipinski definition) is 4. The van der Waals surface area contributed by atoms with E-state index >= 15 is 0 Å². The number of nitrogens with zero attached hydrogens (tertiary/aromatic N) is 3. The monoisotopic (exact) mass is 324 g/mol. The number of nitrogens with one attached hydrogen (secondary N) is 1. The van der Waals surface area contributed by atoms with Crippen LogP contribution in [0.25, 0.3) is 0 Å². The Balaban J connectivity index is 1.86. The molecule has 0 saturated carbocycles. The molecule has 0 aliphatic carbocycles. The van der Waals surface area contributed by atoms with Gasteiger partial charge in [-0.15, -0.1) is 10.2 Å². The Morgan fingerprint density at radius 1 is 1.43 bits per heavy atom. The van der Waals surface area contributed by atoms with Crippen LogP contribution >= 0.6 is 23.4 Å². The Labute approximate surface area is 133 Å². The molecule has 0 bridgehead atoms. The lowest BCUT2D eigenvalue weighted by atomic mass is 10.2. The summed E-state index contributed by atoms with van der Waals surface area (Å²) in [5.41, 5.74) is 1.02.